The van der Waals surface area contributed by atoms with Gasteiger partial charge >= 0.3 is 0 Å². The Morgan fingerprint density at radius 1 is 0.778 bits per heavy atom. The number of benzene rings is 3. The molecule has 0 saturated carbocycles. The number of nitrogens with one attached hydrogen (secondary N) is 1. The maximum absolute atomic E-state index is 13.7. The smallest absolute Gasteiger partial charge is 0.243 e. The fourth-order valence-electron chi connectivity index (χ4n) is 4.02. The Balaban J connectivity index is 1.63. The molecule has 1 heterocycles. The normalized spacial score (nSPS) is 11.5. The minimum atomic E-state index is -0.759. The van der Waals surface area contributed by atoms with Gasteiger partial charge in [-0.2, -0.15) is 0 Å². The minimum absolute atomic E-state index is 0.156. The van der Waals surface area contributed by atoms with Crippen LogP contribution in [0, 0.1) is 5.82 Å². The van der Waals surface area contributed by atoms with E-state index in [1.165, 1.54) is 12.1 Å². The fraction of sp³-hybridized carbons (Fsp3) is 0.167. The first kappa shape index (κ1) is 24.8. The summed E-state index contributed by atoms with van der Waals surface area (Å²) in [6.07, 6.45) is 3.88. The third kappa shape index (κ3) is 7.09. The maximum atomic E-state index is 13.7. The van der Waals surface area contributed by atoms with Crippen LogP contribution in [0.15, 0.2) is 109 Å². The molecule has 5 nitrogen and oxygen atoms in total. The van der Waals surface area contributed by atoms with Crippen molar-refractivity contribution in [1.82, 2.24) is 15.2 Å². The molecule has 0 aliphatic carbocycles. The molecule has 1 N–H and O–H groups in total. The molecule has 3 aromatic carbocycles. The predicted octanol–water partition coefficient (Wildman–Crippen LogP) is 4.72. The van der Waals surface area contributed by atoms with Crippen LogP contribution in [-0.4, -0.2) is 27.7 Å². The molecule has 4 aromatic rings. The van der Waals surface area contributed by atoms with E-state index in [1.54, 1.807) is 29.4 Å². The Morgan fingerprint density at radius 3 is 2.06 bits per heavy atom. The Hall–Kier alpha value is -4.32. The van der Waals surface area contributed by atoms with E-state index in [0.717, 1.165) is 22.3 Å². The van der Waals surface area contributed by atoms with Gasteiger partial charge in [-0.15, -0.1) is 0 Å². The van der Waals surface area contributed by atoms with Crippen molar-refractivity contribution in [3.63, 3.8) is 0 Å². The van der Waals surface area contributed by atoms with Crippen molar-refractivity contribution in [1.29, 1.82) is 0 Å². The molecule has 0 aliphatic rings. The molecule has 1 atom stereocenters. The standard InChI is InChI=1S/C30H28FN3O2/c31-27-15-13-25(14-16-27)22-34(29(35)19-24-10-5-2-6-11-24)28(18-23-8-3-1-4-9-23)30(36)33-21-26-12-7-17-32-20-26/h1-17,20,28H,18-19,21-22H2,(H,33,36). The van der Waals surface area contributed by atoms with E-state index < -0.39 is 6.04 Å². The molecule has 1 aromatic heterocycles. The molecule has 0 radical (unpaired) electrons. The van der Waals surface area contributed by atoms with Gasteiger partial charge in [0.2, 0.25) is 11.8 Å². The van der Waals surface area contributed by atoms with Gasteiger partial charge in [0.25, 0.3) is 0 Å². The van der Waals surface area contributed by atoms with Gasteiger partial charge in [0, 0.05) is 31.9 Å². The van der Waals surface area contributed by atoms with Gasteiger partial charge in [0.1, 0.15) is 11.9 Å². The molecule has 0 bridgehead atoms. The molecule has 0 fully saturated rings. The van der Waals surface area contributed by atoms with Crippen LogP contribution in [0.1, 0.15) is 22.3 Å². The van der Waals surface area contributed by atoms with Crippen LogP contribution in [0.5, 0.6) is 0 Å². The van der Waals surface area contributed by atoms with Gasteiger partial charge in [-0.25, -0.2) is 4.39 Å². The quantitative estimate of drug-likeness (QED) is 0.357. The van der Waals surface area contributed by atoms with Crippen molar-refractivity contribution in [3.05, 3.63) is 138 Å². The number of carbonyl (C=O) groups is 2. The van der Waals surface area contributed by atoms with Crippen molar-refractivity contribution >= 4 is 11.8 Å². The lowest BCUT2D eigenvalue weighted by molar-refractivity contribution is -0.140. The van der Waals surface area contributed by atoms with Crippen LogP contribution >= 0.6 is 0 Å². The van der Waals surface area contributed by atoms with Crippen LogP contribution in [0.4, 0.5) is 4.39 Å². The second kappa shape index (κ2) is 12.4. The maximum Gasteiger partial charge on any atom is 0.243 e. The lowest BCUT2D eigenvalue weighted by Crippen LogP contribution is -2.50. The van der Waals surface area contributed by atoms with Crippen LogP contribution in [0.2, 0.25) is 0 Å². The Bertz CT molecular complexity index is 1250. The summed E-state index contributed by atoms with van der Waals surface area (Å²) in [6, 6.07) is 28.0. The van der Waals surface area contributed by atoms with Crippen molar-refractivity contribution in [3.8, 4) is 0 Å². The highest BCUT2D eigenvalue weighted by molar-refractivity contribution is 5.88. The van der Waals surface area contributed by atoms with Gasteiger partial charge in [-0.05, 0) is 40.5 Å². The van der Waals surface area contributed by atoms with Crippen molar-refractivity contribution < 1.29 is 14.0 Å². The number of aromatic nitrogens is 1. The number of nitrogens with zero attached hydrogens (tertiary/aromatic N) is 2. The van der Waals surface area contributed by atoms with E-state index in [-0.39, 0.29) is 30.6 Å². The SMILES string of the molecule is O=C(NCc1cccnc1)C(Cc1ccccc1)N(Cc1ccc(F)cc1)C(=O)Cc1ccccc1. The number of pyridine rings is 1. The van der Waals surface area contributed by atoms with Gasteiger partial charge in [-0.3, -0.25) is 14.6 Å². The molecule has 182 valence electrons. The highest BCUT2D eigenvalue weighted by Gasteiger charge is 2.30. The zero-order valence-electron chi connectivity index (χ0n) is 19.9. The Kier molecular flexibility index (Phi) is 8.54. The van der Waals surface area contributed by atoms with E-state index in [4.69, 9.17) is 0 Å². The Morgan fingerprint density at radius 2 is 1.42 bits per heavy atom. The summed E-state index contributed by atoms with van der Waals surface area (Å²) in [7, 11) is 0. The third-order valence-corrected chi connectivity index (χ3v) is 5.92. The molecule has 2 amide bonds. The molecule has 1 unspecified atom stereocenters. The van der Waals surface area contributed by atoms with E-state index in [2.05, 4.69) is 10.3 Å². The summed E-state index contributed by atoms with van der Waals surface area (Å²) < 4.78 is 13.6. The summed E-state index contributed by atoms with van der Waals surface area (Å²) in [5.74, 6) is -0.787. The summed E-state index contributed by atoms with van der Waals surface area (Å²) in [5.41, 5.74) is 3.41. The number of rotatable bonds is 10. The predicted molar refractivity (Wildman–Crippen MR) is 137 cm³/mol. The number of amides is 2. The second-order valence-electron chi connectivity index (χ2n) is 8.60. The third-order valence-electron chi connectivity index (χ3n) is 5.92. The van der Waals surface area contributed by atoms with Crippen molar-refractivity contribution in [2.45, 2.75) is 32.0 Å². The van der Waals surface area contributed by atoms with Crippen LogP contribution in [0.25, 0.3) is 0 Å². The number of hydrogen-bond donors (Lipinski definition) is 1. The first-order valence-corrected chi connectivity index (χ1v) is 11.9. The van der Waals surface area contributed by atoms with Crippen LogP contribution < -0.4 is 5.32 Å². The lowest BCUT2D eigenvalue weighted by Gasteiger charge is -2.31. The van der Waals surface area contributed by atoms with Gasteiger partial charge in [0.15, 0.2) is 0 Å². The summed E-state index contributed by atoms with van der Waals surface area (Å²) in [6.45, 7) is 0.485. The average Bonchev–Trinajstić information content (AvgIpc) is 2.92. The van der Waals surface area contributed by atoms with E-state index >= 15 is 0 Å². The first-order chi connectivity index (χ1) is 17.6. The number of halogens is 1. The van der Waals surface area contributed by atoms with Crippen molar-refractivity contribution in [2.24, 2.45) is 0 Å². The molecular formula is C30H28FN3O2. The van der Waals surface area contributed by atoms with Gasteiger partial charge in [0.05, 0.1) is 6.42 Å². The average molecular weight is 482 g/mol. The van der Waals surface area contributed by atoms with E-state index in [9.17, 15) is 14.0 Å². The van der Waals surface area contributed by atoms with Gasteiger partial charge in [-0.1, -0.05) is 78.9 Å². The molecule has 0 spiro atoms. The fourth-order valence-corrected chi connectivity index (χ4v) is 4.02. The highest BCUT2D eigenvalue weighted by Crippen LogP contribution is 2.17. The molecule has 0 aliphatic heterocycles. The summed E-state index contributed by atoms with van der Waals surface area (Å²) in [5, 5.41) is 2.98. The highest BCUT2D eigenvalue weighted by atomic mass is 19.1. The minimum Gasteiger partial charge on any atom is -0.350 e. The zero-order chi connectivity index (χ0) is 25.2. The molecule has 4 rings (SSSR count). The molecule has 6 heteroatoms. The lowest BCUT2D eigenvalue weighted by atomic mass is 10.0. The molecular weight excluding hydrogens is 453 g/mol. The topological polar surface area (TPSA) is 62.3 Å². The first-order valence-electron chi connectivity index (χ1n) is 11.9. The molecule has 36 heavy (non-hydrogen) atoms. The van der Waals surface area contributed by atoms with Crippen molar-refractivity contribution in [2.75, 3.05) is 0 Å². The van der Waals surface area contributed by atoms with Crippen LogP contribution in [0.3, 0.4) is 0 Å². The van der Waals surface area contributed by atoms with Crippen LogP contribution in [-0.2, 0) is 35.5 Å². The summed E-state index contributed by atoms with van der Waals surface area (Å²) >= 11 is 0. The molecule has 0 saturated heterocycles. The zero-order valence-corrected chi connectivity index (χ0v) is 19.9. The van der Waals surface area contributed by atoms with Gasteiger partial charge < -0.3 is 10.2 Å². The second-order valence-corrected chi connectivity index (χ2v) is 8.60. The summed E-state index contributed by atoms with van der Waals surface area (Å²) in [4.78, 5) is 32.9. The number of carbonyl (C=O) groups excluding carboxylic acids is 2. The number of hydrogen-bond acceptors (Lipinski definition) is 3. The van der Waals surface area contributed by atoms with E-state index in [0.29, 0.717) is 13.0 Å². The van der Waals surface area contributed by atoms with E-state index in [1.807, 2.05) is 72.8 Å². The Labute approximate surface area is 210 Å². The monoisotopic (exact) mass is 481 g/mol. The largest absolute Gasteiger partial charge is 0.350 e.